The number of anilines is 1. The van der Waals surface area contributed by atoms with E-state index >= 15 is 0 Å². The largest absolute Gasteiger partial charge is 0.473 e. The molecule has 116 valence electrons. The second kappa shape index (κ2) is 8.41. The Labute approximate surface area is 128 Å². The zero-order valence-electron chi connectivity index (χ0n) is 12.4. The summed E-state index contributed by atoms with van der Waals surface area (Å²) in [6.45, 7) is 4.98. The van der Waals surface area contributed by atoms with E-state index in [1.54, 1.807) is 0 Å². The van der Waals surface area contributed by atoms with Crippen molar-refractivity contribution in [3.05, 3.63) is 59.4 Å². The molecule has 6 heteroatoms. The average Bonchev–Trinajstić information content (AvgIpc) is 2.50. The Bertz CT molecular complexity index is 630. The highest BCUT2D eigenvalue weighted by atomic mass is 16.4. The third-order valence-electron chi connectivity index (χ3n) is 2.76. The third-order valence-corrected chi connectivity index (χ3v) is 2.76. The topological polar surface area (TPSA) is 99.5 Å². The van der Waals surface area contributed by atoms with Gasteiger partial charge >= 0.3 is 11.9 Å². The summed E-state index contributed by atoms with van der Waals surface area (Å²) < 4.78 is 0. The molecule has 0 aliphatic heterocycles. The molecule has 3 N–H and O–H groups in total. The Morgan fingerprint density at radius 3 is 2.32 bits per heavy atom. The van der Waals surface area contributed by atoms with Crippen molar-refractivity contribution in [3.8, 4) is 0 Å². The molecule has 0 aliphatic rings. The van der Waals surface area contributed by atoms with Crippen LogP contribution in [0.5, 0.6) is 0 Å². The van der Waals surface area contributed by atoms with Gasteiger partial charge in [-0.1, -0.05) is 18.2 Å². The average molecular weight is 302 g/mol. The molecule has 2 aromatic rings. The van der Waals surface area contributed by atoms with Crippen molar-refractivity contribution >= 4 is 17.6 Å². The molecular formula is C16H18N2O4. The number of carboxylic acid groups (broad SMARTS) is 2. The normalized spacial score (nSPS) is 9.36. The molecule has 1 aromatic carbocycles. The first-order chi connectivity index (χ1) is 10.4. The highest BCUT2D eigenvalue weighted by Crippen LogP contribution is 2.16. The Morgan fingerprint density at radius 2 is 1.77 bits per heavy atom. The van der Waals surface area contributed by atoms with E-state index in [1.807, 2.05) is 24.4 Å². The number of rotatable bonds is 3. The molecule has 0 spiro atoms. The summed E-state index contributed by atoms with van der Waals surface area (Å²) >= 11 is 0. The number of nitrogens with one attached hydrogen (secondary N) is 1. The SMILES string of the molecule is Cc1ccc(C)c(NCc2ccccn2)c1.O=C(O)C(=O)O. The zero-order chi connectivity index (χ0) is 16.5. The molecule has 1 heterocycles. The van der Waals surface area contributed by atoms with Crippen LogP contribution in [-0.2, 0) is 16.1 Å². The molecule has 6 nitrogen and oxygen atoms in total. The second-order valence-corrected chi connectivity index (χ2v) is 4.60. The van der Waals surface area contributed by atoms with Crippen LogP contribution in [0.3, 0.4) is 0 Å². The Morgan fingerprint density at radius 1 is 1.09 bits per heavy atom. The van der Waals surface area contributed by atoms with Crippen LogP contribution in [0.4, 0.5) is 5.69 Å². The minimum absolute atomic E-state index is 0.769. The van der Waals surface area contributed by atoms with Crippen molar-refractivity contribution in [3.63, 3.8) is 0 Å². The van der Waals surface area contributed by atoms with Gasteiger partial charge in [0.15, 0.2) is 0 Å². The standard InChI is InChI=1S/C14H16N2.C2H2O4/c1-11-6-7-12(2)14(9-11)16-10-13-5-3-4-8-15-13;3-1(4)2(5)6/h3-9,16H,10H2,1-2H3;(H,3,4)(H,5,6). The van der Waals surface area contributed by atoms with E-state index < -0.39 is 11.9 Å². The predicted octanol–water partition coefficient (Wildman–Crippen LogP) is 2.47. The summed E-state index contributed by atoms with van der Waals surface area (Å²) in [5, 5.41) is 18.2. The highest BCUT2D eigenvalue weighted by molar-refractivity contribution is 6.27. The summed E-state index contributed by atoms with van der Waals surface area (Å²) in [7, 11) is 0. The number of carbonyl (C=O) groups is 2. The fourth-order valence-corrected chi connectivity index (χ4v) is 1.61. The van der Waals surface area contributed by atoms with Gasteiger partial charge in [0.1, 0.15) is 0 Å². The molecule has 2 rings (SSSR count). The van der Waals surface area contributed by atoms with Gasteiger partial charge in [0.2, 0.25) is 0 Å². The fourth-order valence-electron chi connectivity index (χ4n) is 1.61. The fraction of sp³-hybridized carbons (Fsp3) is 0.188. The van der Waals surface area contributed by atoms with Gasteiger partial charge < -0.3 is 15.5 Å². The number of hydrogen-bond acceptors (Lipinski definition) is 4. The molecule has 0 bridgehead atoms. The van der Waals surface area contributed by atoms with Crippen molar-refractivity contribution in [2.45, 2.75) is 20.4 Å². The van der Waals surface area contributed by atoms with Gasteiger partial charge in [-0.2, -0.15) is 0 Å². The van der Waals surface area contributed by atoms with E-state index in [9.17, 15) is 0 Å². The van der Waals surface area contributed by atoms with Crippen molar-refractivity contribution in [2.75, 3.05) is 5.32 Å². The lowest BCUT2D eigenvalue weighted by atomic mass is 10.1. The van der Waals surface area contributed by atoms with E-state index in [1.165, 1.54) is 16.8 Å². The number of nitrogens with zero attached hydrogens (tertiary/aromatic N) is 1. The zero-order valence-corrected chi connectivity index (χ0v) is 12.4. The quantitative estimate of drug-likeness (QED) is 0.753. The number of benzene rings is 1. The molecule has 0 saturated heterocycles. The highest BCUT2D eigenvalue weighted by Gasteiger charge is 2.04. The number of aromatic nitrogens is 1. The molecule has 0 radical (unpaired) electrons. The van der Waals surface area contributed by atoms with E-state index in [2.05, 4.69) is 42.3 Å². The van der Waals surface area contributed by atoms with Crippen LogP contribution in [0.15, 0.2) is 42.6 Å². The van der Waals surface area contributed by atoms with Crippen molar-refractivity contribution in [1.29, 1.82) is 0 Å². The van der Waals surface area contributed by atoms with E-state index in [-0.39, 0.29) is 0 Å². The number of hydrogen-bond donors (Lipinski definition) is 3. The number of pyridine rings is 1. The lowest BCUT2D eigenvalue weighted by Crippen LogP contribution is -2.09. The lowest BCUT2D eigenvalue weighted by Gasteiger charge is -2.09. The molecule has 0 saturated carbocycles. The van der Waals surface area contributed by atoms with Crippen LogP contribution in [-0.4, -0.2) is 27.1 Å². The van der Waals surface area contributed by atoms with Gasteiger partial charge in [0, 0.05) is 11.9 Å². The molecule has 0 fully saturated rings. The first kappa shape index (κ1) is 17.2. The van der Waals surface area contributed by atoms with E-state index in [4.69, 9.17) is 19.8 Å². The van der Waals surface area contributed by atoms with E-state index in [0.29, 0.717) is 0 Å². The smallest absolute Gasteiger partial charge is 0.414 e. The van der Waals surface area contributed by atoms with Gasteiger partial charge in [-0.15, -0.1) is 0 Å². The Hall–Kier alpha value is -2.89. The Kier molecular flexibility index (Phi) is 6.56. The number of carboxylic acids is 2. The lowest BCUT2D eigenvalue weighted by molar-refractivity contribution is -0.159. The summed E-state index contributed by atoms with van der Waals surface area (Å²) in [5.41, 5.74) is 4.78. The minimum atomic E-state index is -1.82. The van der Waals surface area contributed by atoms with Gasteiger partial charge in [-0.3, -0.25) is 4.98 Å². The summed E-state index contributed by atoms with van der Waals surface area (Å²) in [6, 6.07) is 12.4. The van der Waals surface area contributed by atoms with Crippen LogP contribution in [0.25, 0.3) is 0 Å². The van der Waals surface area contributed by atoms with Crippen LogP contribution >= 0.6 is 0 Å². The number of aliphatic carboxylic acids is 2. The van der Waals surface area contributed by atoms with E-state index in [0.717, 1.165) is 12.2 Å². The molecule has 0 unspecified atom stereocenters. The molecule has 0 amide bonds. The Balaban J connectivity index is 0.000000346. The monoisotopic (exact) mass is 302 g/mol. The molecule has 0 aliphatic carbocycles. The van der Waals surface area contributed by atoms with Crippen molar-refractivity contribution < 1.29 is 19.8 Å². The van der Waals surface area contributed by atoms with Gasteiger partial charge in [0.25, 0.3) is 0 Å². The maximum atomic E-state index is 9.10. The summed E-state index contributed by atoms with van der Waals surface area (Å²) in [5.74, 6) is -3.65. The van der Waals surface area contributed by atoms with Crippen LogP contribution in [0.2, 0.25) is 0 Å². The first-order valence-corrected chi connectivity index (χ1v) is 6.57. The van der Waals surface area contributed by atoms with Crippen molar-refractivity contribution in [2.24, 2.45) is 0 Å². The van der Waals surface area contributed by atoms with Gasteiger partial charge in [0.05, 0.1) is 12.2 Å². The summed E-state index contributed by atoms with van der Waals surface area (Å²) in [4.78, 5) is 22.5. The predicted molar refractivity (Wildman–Crippen MR) is 82.8 cm³/mol. The van der Waals surface area contributed by atoms with Crippen LogP contribution in [0.1, 0.15) is 16.8 Å². The molecule has 22 heavy (non-hydrogen) atoms. The maximum absolute atomic E-state index is 9.10. The minimum Gasteiger partial charge on any atom is -0.473 e. The van der Waals surface area contributed by atoms with Crippen LogP contribution < -0.4 is 5.32 Å². The first-order valence-electron chi connectivity index (χ1n) is 6.57. The number of aryl methyl sites for hydroxylation is 2. The second-order valence-electron chi connectivity index (χ2n) is 4.60. The molecular weight excluding hydrogens is 284 g/mol. The third kappa shape index (κ3) is 6.04. The summed E-state index contributed by atoms with van der Waals surface area (Å²) in [6.07, 6.45) is 1.82. The van der Waals surface area contributed by atoms with Crippen LogP contribution in [0, 0.1) is 13.8 Å². The maximum Gasteiger partial charge on any atom is 0.414 e. The molecule has 1 aromatic heterocycles. The molecule has 0 atom stereocenters. The van der Waals surface area contributed by atoms with Gasteiger partial charge in [-0.25, -0.2) is 9.59 Å². The van der Waals surface area contributed by atoms with Gasteiger partial charge in [-0.05, 0) is 43.2 Å². The van der Waals surface area contributed by atoms with Crippen molar-refractivity contribution in [1.82, 2.24) is 4.98 Å².